The van der Waals surface area contributed by atoms with Crippen LogP contribution in [-0.4, -0.2) is 16.7 Å². The summed E-state index contributed by atoms with van der Waals surface area (Å²) in [6.45, 7) is 1.94. The molecule has 4 nitrogen and oxygen atoms in total. The molecule has 3 aromatic carbocycles. The minimum absolute atomic E-state index is 0.00850. The molecule has 0 radical (unpaired) electrons. The van der Waals surface area contributed by atoms with Crippen LogP contribution in [0.4, 0.5) is 10.1 Å². The van der Waals surface area contributed by atoms with Gasteiger partial charge in [-0.25, -0.2) is 4.39 Å². The summed E-state index contributed by atoms with van der Waals surface area (Å²) < 4.78 is 13.8. The van der Waals surface area contributed by atoms with Crippen molar-refractivity contribution in [2.45, 2.75) is 32.1 Å². The standard InChI is InChI=1S/C29H23Cl2FN2O2/c1-16-5-7-18(8-6-16)28(36)27-25(17-9-11-21(32)12-10-17)26-23(3-2-4-24(26)35)34(29(27)33)22-14-19(30)13-20(31)15-22/h5-15,25,33,36H,2-4H2,1H3/b28-27+,33-29?. The van der Waals surface area contributed by atoms with Gasteiger partial charge in [-0.15, -0.1) is 0 Å². The fourth-order valence-corrected chi connectivity index (χ4v) is 5.52. The highest BCUT2D eigenvalue weighted by Gasteiger charge is 2.43. The van der Waals surface area contributed by atoms with Crippen LogP contribution in [0.25, 0.3) is 5.76 Å². The van der Waals surface area contributed by atoms with Gasteiger partial charge in [0, 0.05) is 44.8 Å². The number of ketones is 1. The molecule has 36 heavy (non-hydrogen) atoms. The third-order valence-corrected chi connectivity index (χ3v) is 7.08. The molecule has 2 N–H and O–H groups in total. The Hall–Kier alpha value is -3.41. The zero-order valence-corrected chi connectivity index (χ0v) is 21.0. The molecular weight excluding hydrogens is 498 g/mol. The van der Waals surface area contributed by atoms with Crippen LogP contribution in [0.15, 0.2) is 83.6 Å². The van der Waals surface area contributed by atoms with Gasteiger partial charge in [0.05, 0.1) is 5.69 Å². The Morgan fingerprint density at radius 1 is 1.00 bits per heavy atom. The van der Waals surface area contributed by atoms with E-state index in [1.54, 1.807) is 47.4 Å². The number of carbonyl (C=O) groups excluding carboxylic acids is 1. The number of halogens is 3. The van der Waals surface area contributed by atoms with E-state index in [0.29, 0.717) is 57.4 Å². The van der Waals surface area contributed by atoms with Gasteiger partial charge in [0.2, 0.25) is 0 Å². The van der Waals surface area contributed by atoms with Gasteiger partial charge in [0.25, 0.3) is 0 Å². The first-order chi connectivity index (χ1) is 17.2. The molecular formula is C29H23Cl2FN2O2. The molecule has 0 bridgehead atoms. The predicted molar refractivity (Wildman–Crippen MR) is 142 cm³/mol. The Morgan fingerprint density at radius 2 is 1.64 bits per heavy atom. The molecule has 7 heteroatoms. The first kappa shape index (κ1) is 24.3. The highest BCUT2D eigenvalue weighted by molar-refractivity contribution is 6.35. The van der Waals surface area contributed by atoms with E-state index in [2.05, 4.69) is 0 Å². The average molecular weight is 521 g/mol. The van der Waals surface area contributed by atoms with Crippen LogP contribution in [0.2, 0.25) is 10.0 Å². The van der Waals surface area contributed by atoms with Crippen molar-refractivity contribution in [1.82, 2.24) is 0 Å². The van der Waals surface area contributed by atoms with E-state index < -0.39 is 11.7 Å². The normalized spacial score (nSPS) is 19.4. The topological polar surface area (TPSA) is 64.4 Å². The zero-order valence-electron chi connectivity index (χ0n) is 19.5. The molecule has 0 amide bonds. The number of nitrogens with zero attached hydrogens (tertiary/aromatic N) is 1. The van der Waals surface area contributed by atoms with Crippen LogP contribution >= 0.6 is 23.2 Å². The number of hydrogen-bond donors (Lipinski definition) is 2. The van der Waals surface area contributed by atoms with Crippen LogP contribution in [-0.2, 0) is 4.79 Å². The fraction of sp³-hybridized carbons (Fsp3) is 0.172. The smallest absolute Gasteiger partial charge is 0.161 e. The largest absolute Gasteiger partial charge is 0.507 e. The first-order valence-electron chi connectivity index (χ1n) is 11.6. The summed E-state index contributed by atoms with van der Waals surface area (Å²) in [6, 6.07) is 18.1. The lowest BCUT2D eigenvalue weighted by atomic mass is 9.73. The second-order valence-corrected chi connectivity index (χ2v) is 9.93. The Balaban J connectivity index is 1.83. The molecule has 1 unspecified atom stereocenters. The van der Waals surface area contributed by atoms with Crippen molar-refractivity contribution < 1.29 is 14.3 Å². The maximum atomic E-state index is 13.8. The number of benzene rings is 3. The van der Waals surface area contributed by atoms with Gasteiger partial charge in [-0.1, -0.05) is 65.2 Å². The predicted octanol–water partition coefficient (Wildman–Crippen LogP) is 8.00. The van der Waals surface area contributed by atoms with E-state index in [1.165, 1.54) is 12.1 Å². The van der Waals surface area contributed by atoms with E-state index >= 15 is 0 Å². The molecule has 1 heterocycles. The average Bonchev–Trinajstić information content (AvgIpc) is 2.83. The molecule has 0 saturated heterocycles. The second kappa shape index (κ2) is 9.57. The maximum Gasteiger partial charge on any atom is 0.161 e. The summed E-state index contributed by atoms with van der Waals surface area (Å²) in [5, 5.41) is 21.7. The van der Waals surface area contributed by atoms with Gasteiger partial charge in [0.1, 0.15) is 17.4 Å². The summed E-state index contributed by atoms with van der Waals surface area (Å²) in [5.74, 6) is -1.30. The van der Waals surface area contributed by atoms with Crippen LogP contribution in [0.3, 0.4) is 0 Å². The maximum absolute atomic E-state index is 13.8. The van der Waals surface area contributed by atoms with E-state index in [1.807, 2.05) is 19.1 Å². The van der Waals surface area contributed by atoms with Crippen molar-refractivity contribution in [3.05, 3.63) is 116 Å². The molecule has 0 saturated carbocycles. The molecule has 0 spiro atoms. The Labute approximate surface area is 218 Å². The van der Waals surface area contributed by atoms with E-state index in [9.17, 15) is 19.7 Å². The minimum Gasteiger partial charge on any atom is -0.507 e. The molecule has 1 aliphatic heterocycles. The molecule has 0 fully saturated rings. The van der Waals surface area contributed by atoms with Gasteiger partial charge in [-0.05, 0) is 55.7 Å². The summed E-state index contributed by atoms with van der Waals surface area (Å²) >= 11 is 12.6. The summed E-state index contributed by atoms with van der Waals surface area (Å²) in [4.78, 5) is 15.1. The van der Waals surface area contributed by atoms with Crippen LogP contribution in [0, 0.1) is 18.2 Å². The van der Waals surface area contributed by atoms with Gasteiger partial charge < -0.3 is 5.11 Å². The quantitative estimate of drug-likeness (QED) is 0.343. The van der Waals surface area contributed by atoms with Crippen molar-refractivity contribution in [1.29, 1.82) is 5.41 Å². The molecule has 2 aliphatic rings. The van der Waals surface area contributed by atoms with Crippen LogP contribution < -0.4 is 4.90 Å². The van der Waals surface area contributed by atoms with Gasteiger partial charge in [-0.3, -0.25) is 15.1 Å². The van der Waals surface area contributed by atoms with Crippen LogP contribution in [0.5, 0.6) is 0 Å². The van der Waals surface area contributed by atoms with Crippen LogP contribution in [0.1, 0.15) is 41.9 Å². The highest BCUT2D eigenvalue weighted by Crippen LogP contribution is 2.48. The fourth-order valence-electron chi connectivity index (χ4n) is 5.00. The second-order valence-electron chi connectivity index (χ2n) is 9.06. The Morgan fingerprint density at radius 3 is 2.28 bits per heavy atom. The highest BCUT2D eigenvalue weighted by atomic mass is 35.5. The lowest BCUT2D eigenvalue weighted by Crippen LogP contribution is -2.42. The number of amidine groups is 1. The number of aryl methyl sites for hydroxylation is 1. The Kier molecular flexibility index (Phi) is 6.45. The van der Waals surface area contributed by atoms with Crippen molar-refractivity contribution in [2.75, 3.05) is 4.90 Å². The van der Waals surface area contributed by atoms with Crippen molar-refractivity contribution in [2.24, 2.45) is 0 Å². The third-order valence-electron chi connectivity index (χ3n) is 6.64. The number of carbonyl (C=O) groups is 1. The number of Topliss-reactive ketones (excluding diaryl/α,β-unsaturated/α-hetero) is 1. The summed E-state index contributed by atoms with van der Waals surface area (Å²) in [6.07, 6.45) is 1.55. The monoisotopic (exact) mass is 520 g/mol. The van der Waals surface area contributed by atoms with Gasteiger partial charge >= 0.3 is 0 Å². The number of nitrogens with one attached hydrogen (secondary N) is 1. The SMILES string of the molecule is Cc1ccc(/C(O)=C2\C(=N)N(c3cc(Cl)cc(Cl)c3)C3=C(C(=O)CCC3)C2c2ccc(F)cc2)cc1. The first-order valence-corrected chi connectivity index (χ1v) is 12.4. The number of allylic oxidation sites excluding steroid dienone is 2. The van der Waals surface area contributed by atoms with E-state index in [-0.39, 0.29) is 23.0 Å². The number of hydrogen-bond acceptors (Lipinski definition) is 3. The molecule has 5 rings (SSSR count). The third kappa shape index (κ3) is 4.34. The van der Waals surface area contributed by atoms with E-state index in [4.69, 9.17) is 23.2 Å². The summed E-state index contributed by atoms with van der Waals surface area (Å²) in [7, 11) is 0. The van der Waals surface area contributed by atoms with Crippen molar-refractivity contribution >= 4 is 46.3 Å². The molecule has 3 aromatic rings. The number of rotatable bonds is 3. The number of aliphatic hydroxyl groups excluding tert-OH is 1. The molecule has 1 atom stereocenters. The van der Waals surface area contributed by atoms with Crippen molar-refractivity contribution in [3.8, 4) is 0 Å². The lowest BCUT2D eigenvalue weighted by Gasteiger charge is -2.42. The zero-order chi connectivity index (χ0) is 25.6. The van der Waals surface area contributed by atoms with Gasteiger partial charge in [0.15, 0.2) is 5.78 Å². The van der Waals surface area contributed by atoms with Crippen molar-refractivity contribution in [3.63, 3.8) is 0 Å². The summed E-state index contributed by atoms with van der Waals surface area (Å²) in [5.41, 5.74) is 4.12. The molecule has 1 aliphatic carbocycles. The number of aliphatic hydroxyl groups is 1. The minimum atomic E-state index is -0.729. The van der Waals surface area contributed by atoms with Gasteiger partial charge in [-0.2, -0.15) is 0 Å². The lowest BCUT2D eigenvalue weighted by molar-refractivity contribution is -0.116. The van der Waals surface area contributed by atoms with E-state index in [0.717, 1.165) is 5.56 Å². The number of anilines is 1. The molecule has 0 aromatic heterocycles. The Bertz CT molecular complexity index is 1420. The molecule has 182 valence electrons.